The van der Waals surface area contributed by atoms with Gasteiger partial charge in [0.15, 0.2) is 23.7 Å². The summed E-state index contributed by atoms with van der Waals surface area (Å²) in [6.07, 6.45) is 21.6. The van der Waals surface area contributed by atoms with E-state index in [2.05, 4.69) is 69.7 Å². The molecule has 1 aliphatic heterocycles. The molecule has 0 saturated heterocycles. The van der Waals surface area contributed by atoms with Crippen LogP contribution in [0.1, 0.15) is 169 Å². The number of allylic oxidation sites excluding steroid dienone is 3. The predicted octanol–water partition coefficient (Wildman–Crippen LogP) is 16.2. The zero-order valence-corrected chi connectivity index (χ0v) is 71.8. The Balaban J connectivity index is 0.00000130. The molecule has 0 radical (unpaired) electrons. The molecule has 116 heavy (non-hydrogen) atoms. The van der Waals surface area contributed by atoms with Gasteiger partial charge in [0.2, 0.25) is 30.9 Å². The van der Waals surface area contributed by atoms with Crippen molar-refractivity contribution in [2.75, 3.05) is 62.9 Å². The minimum atomic E-state index is -1.06. The first-order chi connectivity index (χ1) is 54.6. The molecule has 636 valence electrons. The maximum absolute atomic E-state index is 12.1. The van der Waals surface area contributed by atoms with Gasteiger partial charge in [0, 0.05) is 160 Å². The molecule has 7 heterocycles. The highest BCUT2D eigenvalue weighted by atomic mass is 16.7. The number of aromatic nitrogens is 6. The van der Waals surface area contributed by atoms with Crippen molar-refractivity contribution in [3.8, 4) is 5.88 Å². The summed E-state index contributed by atoms with van der Waals surface area (Å²) >= 11 is 0. The molecular weight excluding hydrogens is 1490 g/mol. The number of hydrogen-bond donors (Lipinski definition) is 7. The van der Waals surface area contributed by atoms with Crippen LogP contribution in [0.15, 0.2) is 157 Å². The molecule has 0 aliphatic carbocycles. The van der Waals surface area contributed by atoms with E-state index in [4.69, 9.17) is 48.0 Å². The number of carbonyl (C=O) groups excluding carboxylic acids is 6. The lowest BCUT2D eigenvalue weighted by molar-refractivity contribution is -0.540. The number of benzene rings is 2. The third-order valence-corrected chi connectivity index (χ3v) is 16.7. The SMILES string of the molecule is CC(=O)/C=C/c1ccc(C)cc1.CC(=O)CC(=O)O.CCOC(=O)c1c[nH]cc1C.COC(OC)C(=O)C=C(C)C.COC(OC)C(=O)CC(C)(C)C(Cc1[nH]ccc1C)[N+](=O)[O-].COC(OC)C1=N/C(=C\c2[nH]ccc2C)C(C)(C)C1.COc1[nH]ccc1C.Cc1cc[nH]c1.Cc1cc[nH]c1CC[N+](=O)[O-].Cc1ccc(C=O)cc1. The summed E-state index contributed by atoms with van der Waals surface area (Å²) in [6.45, 7) is 32.4. The van der Waals surface area contributed by atoms with Gasteiger partial charge >= 0.3 is 11.9 Å². The Hall–Kier alpha value is -11.3. The maximum Gasteiger partial charge on any atom is 0.339 e. The number of methoxy groups -OCH3 is 7. The molecule has 0 bridgehead atoms. The standard InChI is InChI=1S/C15H24N2O5.C15H22N2O2.C11H12O.C8H11NO2.C8H14O3.C8H8O.C7H10N2O2.C6H9NO.C5H7N.C4H6O3/c1-10-6-7-16-11(10)8-13(17(19)20)15(2,3)9-12(18)14(21-4)22-5;1-10-6-7-16-11(10)8-13-15(2,3)9-12(17-13)14(18-4)19-5;1-9-3-6-11(7-4-9)8-5-10(2)12;1-3-11-8(10)7-5-9-4-6(7)2;1-6(2)5-7(9)8(10-3)11-4;1-7-2-4-8(6-9)5-3-7;1-6-2-4-8-7(6)3-5-9(10)11;1-5-3-4-7-6(5)8-2;1-5-2-3-6-4-5;1-3(5)2-4(6)7/h6-7,13-14,16H,8-9H2,1-5H3;6-8,14,16H,9H2,1-5H3;3-8H,1-2H3;4-5,9H,3H2,1-2H3;5,8H,1-4H3;2-6H,1H3;2,4,8H,3,5H2,1H3;3-4,7H,1-2H3;2-4,6H,1H3;2H2,1H3,(H,6,7)/b;13-8-;8-5+;;;;;;;. The molecule has 0 saturated carbocycles. The fourth-order valence-corrected chi connectivity index (χ4v) is 10.2. The number of carboxylic acids is 1. The zero-order chi connectivity index (χ0) is 88.3. The number of ketones is 4. The normalized spacial score (nSPS) is 12.0. The number of aromatic amines is 6. The number of H-pyrrole nitrogens is 6. The Morgan fingerprint density at radius 3 is 1.51 bits per heavy atom. The number of carbonyl (C=O) groups is 7. The third kappa shape index (κ3) is 43.2. The summed E-state index contributed by atoms with van der Waals surface area (Å²) in [5, 5.41) is 29.4. The largest absolute Gasteiger partial charge is 0.482 e. The molecule has 0 amide bonds. The highest BCUT2D eigenvalue weighted by Gasteiger charge is 2.42. The van der Waals surface area contributed by atoms with E-state index in [1.54, 1.807) is 79.9 Å². The predicted molar refractivity (Wildman–Crippen MR) is 451 cm³/mol. The number of ether oxygens (including phenoxy) is 8. The number of nitrogens with one attached hydrogen (secondary N) is 6. The molecule has 2 aromatic carbocycles. The van der Waals surface area contributed by atoms with E-state index in [9.17, 15) is 53.8 Å². The highest BCUT2D eigenvalue weighted by Crippen LogP contribution is 2.40. The number of carboxylic acid groups (broad SMARTS) is 1. The van der Waals surface area contributed by atoms with Gasteiger partial charge < -0.3 is 72.9 Å². The summed E-state index contributed by atoms with van der Waals surface area (Å²) in [7, 11) is 10.5. The Labute approximate surface area is 682 Å². The average Bonchev–Trinajstić information content (AvgIpc) is 1.74. The summed E-state index contributed by atoms with van der Waals surface area (Å²) in [6, 6.07) is 24.5. The van der Waals surface area contributed by atoms with Gasteiger partial charge in [-0.2, -0.15) is 0 Å². The molecule has 1 unspecified atom stereocenters. The number of hydrogen-bond acceptors (Lipinski definition) is 20. The van der Waals surface area contributed by atoms with Crippen molar-refractivity contribution in [3.63, 3.8) is 0 Å². The lowest BCUT2D eigenvalue weighted by atomic mass is 9.77. The third-order valence-electron chi connectivity index (χ3n) is 16.7. The Morgan fingerprint density at radius 1 is 0.621 bits per heavy atom. The molecular formula is C87H123N9O20. The molecule has 9 rings (SSSR count). The molecule has 1 atom stereocenters. The van der Waals surface area contributed by atoms with Crippen LogP contribution < -0.4 is 4.74 Å². The Morgan fingerprint density at radius 2 is 1.15 bits per heavy atom. The first kappa shape index (κ1) is 105. The Kier molecular flexibility index (Phi) is 51.3. The highest BCUT2D eigenvalue weighted by molar-refractivity contribution is 5.94. The molecule has 1 aliphatic rings. The van der Waals surface area contributed by atoms with Crippen molar-refractivity contribution < 1.29 is 86.4 Å². The van der Waals surface area contributed by atoms with Crippen LogP contribution in [0.5, 0.6) is 5.88 Å². The summed E-state index contributed by atoms with van der Waals surface area (Å²) < 4.78 is 39.7. The zero-order valence-electron chi connectivity index (χ0n) is 71.8. The van der Waals surface area contributed by atoms with Crippen LogP contribution in [-0.2, 0) is 70.0 Å². The molecule has 7 N–H and O–H groups in total. The van der Waals surface area contributed by atoms with Crippen LogP contribution in [-0.4, -0.2) is 180 Å². The quantitative estimate of drug-likeness (QED) is 0.00455. The van der Waals surface area contributed by atoms with E-state index >= 15 is 0 Å². The fourth-order valence-electron chi connectivity index (χ4n) is 10.2. The summed E-state index contributed by atoms with van der Waals surface area (Å²) in [5.74, 6) is -1.16. The first-order valence-corrected chi connectivity index (χ1v) is 37.0. The average molecular weight is 1610 g/mol. The van der Waals surface area contributed by atoms with Gasteiger partial charge in [-0.05, 0) is 172 Å². The summed E-state index contributed by atoms with van der Waals surface area (Å²) in [4.78, 5) is 118. The van der Waals surface area contributed by atoms with Crippen LogP contribution in [0.2, 0.25) is 0 Å². The van der Waals surface area contributed by atoms with Gasteiger partial charge in [-0.1, -0.05) is 99.0 Å². The molecule has 29 heteroatoms. The van der Waals surface area contributed by atoms with Gasteiger partial charge in [-0.15, -0.1) is 0 Å². The van der Waals surface area contributed by atoms with Crippen LogP contribution in [0.3, 0.4) is 0 Å². The van der Waals surface area contributed by atoms with Crippen molar-refractivity contribution in [2.45, 2.75) is 175 Å². The fraction of sp³-hybridized carbons (Fsp3) is 0.425. The van der Waals surface area contributed by atoms with Gasteiger partial charge in [0.05, 0.1) is 37.8 Å². The van der Waals surface area contributed by atoms with Gasteiger partial charge in [0.25, 0.3) is 0 Å². The van der Waals surface area contributed by atoms with Crippen LogP contribution >= 0.6 is 0 Å². The minimum absolute atomic E-state index is 0.00134. The van der Waals surface area contributed by atoms with Gasteiger partial charge in [0.1, 0.15) is 18.5 Å². The number of Topliss-reactive ketones (excluding diaryl/α,β-unsaturated/α-hetero) is 2. The topological polar surface area (TPSA) is 407 Å². The Bertz CT molecular complexity index is 4310. The number of aldehydes is 1. The number of rotatable bonds is 28. The number of nitrogens with zero attached hydrogens (tertiary/aromatic N) is 3. The second kappa shape index (κ2) is 56.8. The number of aliphatic imine (C=N–C) groups is 1. The number of aryl methyl sites for hydroxylation is 8. The molecule has 0 spiro atoms. The van der Waals surface area contributed by atoms with Crippen molar-refractivity contribution in [3.05, 3.63) is 250 Å². The summed E-state index contributed by atoms with van der Waals surface area (Å²) in [5.41, 5.74) is 16.5. The molecule has 8 aromatic rings. The smallest absolute Gasteiger partial charge is 0.339 e. The first-order valence-electron chi connectivity index (χ1n) is 37.0. The van der Waals surface area contributed by atoms with Crippen LogP contribution in [0.4, 0.5) is 0 Å². The van der Waals surface area contributed by atoms with Crippen LogP contribution in [0.25, 0.3) is 12.2 Å². The van der Waals surface area contributed by atoms with Gasteiger partial charge in [-0.3, -0.25) is 54.0 Å². The van der Waals surface area contributed by atoms with E-state index in [0.717, 1.165) is 86.0 Å². The molecule has 6 aromatic heterocycles. The van der Waals surface area contributed by atoms with Crippen molar-refractivity contribution in [1.29, 1.82) is 0 Å². The lowest BCUT2D eigenvalue weighted by Gasteiger charge is -2.28. The maximum atomic E-state index is 12.1. The minimum Gasteiger partial charge on any atom is -0.482 e. The lowest BCUT2D eigenvalue weighted by Crippen LogP contribution is -2.42. The van der Waals surface area contributed by atoms with Gasteiger partial charge in [-0.25, -0.2) is 4.79 Å². The number of nitro groups is 2. The van der Waals surface area contributed by atoms with Crippen molar-refractivity contribution >= 4 is 59.2 Å². The molecule has 29 nitrogen and oxygen atoms in total. The van der Waals surface area contributed by atoms with Crippen molar-refractivity contribution in [1.82, 2.24) is 29.9 Å². The monoisotopic (exact) mass is 1610 g/mol. The second-order valence-electron chi connectivity index (χ2n) is 28.0. The second-order valence-corrected chi connectivity index (χ2v) is 28.0. The van der Waals surface area contributed by atoms with Crippen LogP contribution in [0, 0.1) is 86.4 Å². The number of esters is 1. The van der Waals surface area contributed by atoms with E-state index < -0.39 is 30.0 Å². The van der Waals surface area contributed by atoms with E-state index in [0.29, 0.717) is 18.6 Å². The van der Waals surface area contributed by atoms with E-state index in [1.807, 2.05) is 159 Å². The molecule has 0 fully saturated rings. The van der Waals surface area contributed by atoms with Crippen molar-refractivity contribution in [2.24, 2.45) is 15.8 Å². The van der Waals surface area contributed by atoms with E-state index in [1.165, 1.54) is 63.7 Å². The number of aliphatic carboxylic acids is 1. The van der Waals surface area contributed by atoms with E-state index in [-0.39, 0.29) is 76.5 Å².